The fourth-order valence-electron chi connectivity index (χ4n) is 1.23. The van der Waals surface area contributed by atoms with Crippen LogP contribution in [0.2, 0.25) is 0 Å². The molecule has 0 saturated heterocycles. The topological polar surface area (TPSA) is 98.0 Å². The molecule has 0 aliphatic heterocycles. The average molecular weight is 242 g/mol. The van der Waals surface area contributed by atoms with E-state index in [0.717, 1.165) is 0 Å². The largest absolute Gasteiger partial charge is 0.466 e. The van der Waals surface area contributed by atoms with Gasteiger partial charge in [0, 0.05) is 6.61 Å². The van der Waals surface area contributed by atoms with Gasteiger partial charge in [0.2, 0.25) is 0 Å². The zero-order chi connectivity index (χ0) is 12.3. The van der Waals surface area contributed by atoms with E-state index in [2.05, 4.69) is 13.8 Å². The molecule has 0 aliphatic rings. The number of hydrogen-bond donors (Lipinski definition) is 4. The Hall–Kier alpha value is 0.0700. The third kappa shape index (κ3) is 24.9. The average Bonchev–Trinajstić information content (AvgIpc) is 2.09. The van der Waals surface area contributed by atoms with Gasteiger partial charge in [0.25, 0.3) is 0 Å². The predicted molar refractivity (Wildman–Crippen MR) is 59.3 cm³/mol. The minimum Gasteiger partial charge on any atom is -0.396 e. The van der Waals surface area contributed by atoms with Gasteiger partial charge in [0.15, 0.2) is 0 Å². The molecular weight excluding hydrogens is 219 g/mol. The molecule has 0 aliphatic carbocycles. The predicted octanol–water partition coefficient (Wildman–Crippen LogP) is 1.66. The number of aliphatic hydroxyl groups is 1. The number of rotatable bonds is 6. The molecule has 0 fully saturated rings. The minimum atomic E-state index is -4.64. The SMILES string of the molecule is CCCCC(CO)CCC.O=P(O)(O)O. The van der Waals surface area contributed by atoms with E-state index in [0.29, 0.717) is 12.5 Å². The Morgan fingerprint density at radius 3 is 1.80 bits per heavy atom. The molecule has 0 aromatic carbocycles. The number of phosphoric acid groups is 1. The summed E-state index contributed by atoms with van der Waals surface area (Å²) in [7, 11) is -4.64. The highest BCUT2D eigenvalue weighted by molar-refractivity contribution is 7.45. The van der Waals surface area contributed by atoms with Crippen LogP contribution in [0.5, 0.6) is 0 Å². The molecule has 4 N–H and O–H groups in total. The lowest BCUT2D eigenvalue weighted by atomic mass is 9.98. The van der Waals surface area contributed by atoms with E-state index in [1.54, 1.807) is 0 Å². The second kappa shape index (κ2) is 10.6. The molecule has 0 rings (SSSR count). The summed E-state index contributed by atoms with van der Waals surface area (Å²) in [4.78, 5) is 21.6. The van der Waals surface area contributed by atoms with Crippen molar-refractivity contribution < 1.29 is 24.4 Å². The highest BCUT2D eigenvalue weighted by atomic mass is 31.2. The maximum absolute atomic E-state index is 8.88. The second-order valence-electron chi connectivity index (χ2n) is 3.49. The van der Waals surface area contributed by atoms with Crippen molar-refractivity contribution >= 4 is 7.82 Å². The lowest BCUT2D eigenvalue weighted by Gasteiger charge is -2.10. The van der Waals surface area contributed by atoms with Crippen molar-refractivity contribution in [3.05, 3.63) is 0 Å². The zero-order valence-electron chi connectivity index (χ0n) is 9.46. The number of aliphatic hydroxyl groups excluding tert-OH is 1. The van der Waals surface area contributed by atoms with E-state index in [4.69, 9.17) is 24.4 Å². The zero-order valence-corrected chi connectivity index (χ0v) is 10.4. The second-order valence-corrected chi connectivity index (χ2v) is 4.52. The van der Waals surface area contributed by atoms with Crippen molar-refractivity contribution in [3.8, 4) is 0 Å². The van der Waals surface area contributed by atoms with Gasteiger partial charge in [-0.15, -0.1) is 0 Å². The van der Waals surface area contributed by atoms with Gasteiger partial charge in [-0.1, -0.05) is 33.1 Å². The van der Waals surface area contributed by atoms with Crippen LogP contribution < -0.4 is 0 Å². The molecule has 5 nitrogen and oxygen atoms in total. The van der Waals surface area contributed by atoms with Crippen molar-refractivity contribution in [3.63, 3.8) is 0 Å². The molecule has 0 spiro atoms. The van der Waals surface area contributed by atoms with E-state index < -0.39 is 7.82 Å². The summed E-state index contributed by atoms with van der Waals surface area (Å²) >= 11 is 0. The molecule has 0 bridgehead atoms. The number of unbranched alkanes of at least 4 members (excludes halogenated alkanes) is 1. The van der Waals surface area contributed by atoms with Crippen molar-refractivity contribution in [1.29, 1.82) is 0 Å². The van der Waals surface area contributed by atoms with Gasteiger partial charge >= 0.3 is 7.82 Å². The van der Waals surface area contributed by atoms with Crippen LogP contribution in [0.25, 0.3) is 0 Å². The van der Waals surface area contributed by atoms with Gasteiger partial charge < -0.3 is 19.8 Å². The first kappa shape index (κ1) is 17.5. The molecule has 0 amide bonds. The van der Waals surface area contributed by atoms with Crippen LogP contribution in [0.1, 0.15) is 46.0 Å². The smallest absolute Gasteiger partial charge is 0.396 e. The third-order valence-corrected chi connectivity index (χ3v) is 1.92. The van der Waals surface area contributed by atoms with E-state index in [9.17, 15) is 0 Å². The maximum atomic E-state index is 8.88. The van der Waals surface area contributed by atoms with Gasteiger partial charge in [-0.25, -0.2) is 4.57 Å². The Balaban J connectivity index is 0. The van der Waals surface area contributed by atoms with Crippen LogP contribution in [-0.2, 0) is 4.57 Å². The van der Waals surface area contributed by atoms with Crippen LogP contribution in [0.3, 0.4) is 0 Å². The van der Waals surface area contributed by atoms with Gasteiger partial charge in [0.1, 0.15) is 0 Å². The summed E-state index contributed by atoms with van der Waals surface area (Å²) in [5.74, 6) is 0.574. The van der Waals surface area contributed by atoms with Crippen molar-refractivity contribution in [2.75, 3.05) is 6.61 Å². The standard InChI is InChI=1S/C9H20O.H3O4P/c1-3-5-7-9(8-10)6-4-2;1-5(2,3)4/h9-10H,3-8H2,1-2H3;(H3,1,2,3,4). The molecule has 0 heterocycles. The van der Waals surface area contributed by atoms with E-state index in [1.165, 1.54) is 32.1 Å². The van der Waals surface area contributed by atoms with Crippen molar-refractivity contribution in [2.24, 2.45) is 5.92 Å². The molecule has 1 unspecified atom stereocenters. The molecule has 0 saturated carbocycles. The van der Waals surface area contributed by atoms with Crippen LogP contribution in [0.15, 0.2) is 0 Å². The minimum absolute atomic E-state index is 0.383. The monoisotopic (exact) mass is 242 g/mol. The lowest BCUT2D eigenvalue weighted by molar-refractivity contribution is 0.207. The third-order valence-electron chi connectivity index (χ3n) is 1.92. The van der Waals surface area contributed by atoms with E-state index >= 15 is 0 Å². The molecule has 6 heteroatoms. The Morgan fingerprint density at radius 1 is 1.07 bits per heavy atom. The quantitative estimate of drug-likeness (QED) is 0.531. The highest BCUT2D eigenvalue weighted by Crippen LogP contribution is 2.25. The summed E-state index contributed by atoms with van der Waals surface area (Å²) in [6.07, 6.45) is 6.12. The van der Waals surface area contributed by atoms with Crippen LogP contribution in [0, 0.1) is 5.92 Å². The lowest BCUT2D eigenvalue weighted by Crippen LogP contribution is -2.04. The Bertz CT molecular complexity index is 160. The van der Waals surface area contributed by atoms with E-state index in [-0.39, 0.29) is 0 Å². The molecule has 0 radical (unpaired) electrons. The van der Waals surface area contributed by atoms with Crippen molar-refractivity contribution in [2.45, 2.75) is 46.0 Å². The molecule has 0 aromatic rings. The maximum Gasteiger partial charge on any atom is 0.466 e. The first-order valence-electron chi connectivity index (χ1n) is 5.24. The normalized spacial score (nSPS) is 12.9. The Labute approximate surface area is 91.4 Å². The summed E-state index contributed by atoms with van der Waals surface area (Å²) in [5.41, 5.74) is 0. The summed E-state index contributed by atoms with van der Waals surface area (Å²) < 4.78 is 8.88. The first-order chi connectivity index (χ1) is 6.85. The molecule has 0 aromatic heterocycles. The van der Waals surface area contributed by atoms with Gasteiger partial charge in [-0.3, -0.25) is 0 Å². The van der Waals surface area contributed by atoms with Gasteiger partial charge in [0.05, 0.1) is 0 Å². The molecule has 94 valence electrons. The molecule has 1 atom stereocenters. The fraction of sp³-hybridized carbons (Fsp3) is 1.00. The fourth-order valence-corrected chi connectivity index (χ4v) is 1.23. The highest BCUT2D eigenvalue weighted by Gasteiger charge is 2.03. The Kier molecular flexibility index (Phi) is 12.3. The van der Waals surface area contributed by atoms with Crippen LogP contribution >= 0.6 is 7.82 Å². The van der Waals surface area contributed by atoms with E-state index in [1.807, 2.05) is 0 Å². The van der Waals surface area contributed by atoms with Gasteiger partial charge in [-0.2, -0.15) is 0 Å². The van der Waals surface area contributed by atoms with Crippen LogP contribution in [-0.4, -0.2) is 26.4 Å². The summed E-state index contributed by atoms with van der Waals surface area (Å²) in [6.45, 7) is 4.75. The Morgan fingerprint density at radius 2 is 1.53 bits per heavy atom. The summed E-state index contributed by atoms with van der Waals surface area (Å²) in [6, 6.07) is 0. The summed E-state index contributed by atoms with van der Waals surface area (Å²) in [5, 5.41) is 8.88. The van der Waals surface area contributed by atoms with Crippen molar-refractivity contribution in [1.82, 2.24) is 0 Å². The van der Waals surface area contributed by atoms with Crippen LogP contribution in [0.4, 0.5) is 0 Å². The first-order valence-corrected chi connectivity index (χ1v) is 6.80. The molecule has 15 heavy (non-hydrogen) atoms. The molecular formula is C9H23O5P. The number of hydrogen-bond acceptors (Lipinski definition) is 2. The van der Waals surface area contributed by atoms with Gasteiger partial charge in [-0.05, 0) is 18.8 Å².